The molecule has 2 saturated carbocycles. The second kappa shape index (κ2) is 8.22. The molecule has 0 amide bonds. The molecular weight excluding hydrogens is 452 g/mol. The average molecular weight is 479 g/mol. The van der Waals surface area contributed by atoms with Gasteiger partial charge in [0, 0.05) is 18.2 Å². The third-order valence-corrected chi connectivity index (χ3v) is 7.45. The van der Waals surface area contributed by atoms with Crippen LogP contribution in [0, 0.1) is 6.92 Å². The Morgan fingerprint density at radius 2 is 1.83 bits per heavy atom. The fourth-order valence-corrected chi connectivity index (χ4v) is 5.32. The van der Waals surface area contributed by atoms with Gasteiger partial charge in [-0.05, 0) is 62.4 Å². The molecule has 1 aromatic carbocycles. The maximum atomic E-state index is 13.6. The first-order chi connectivity index (χ1) is 17.7. The van der Waals surface area contributed by atoms with E-state index in [-0.39, 0.29) is 5.56 Å². The molecule has 0 aliphatic heterocycles. The van der Waals surface area contributed by atoms with Crippen LogP contribution in [0.5, 0.6) is 0 Å². The number of hydrogen-bond donors (Lipinski definition) is 0. The summed E-state index contributed by atoms with van der Waals surface area (Å²) in [5, 5.41) is 9.04. The topological polar surface area (TPSA) is 96.3 Å². The van der Waals surface area contributed by atoms with Crippen LogP contribution >= 0.6 is 0 Å². The summed E-state index contributed by atoms with van der Waals surface area (Å²) in [6.07, 6.45) is 14.3. The molecule has 9 heteroatoms. The predicted octanol–water partition coefficient (Wildman–Crippen LogP) is 4.53. The third-order valence-electron chi connectivity index (χ3n) is 7.45. The summed E-state index contributed by atoms with van der Waals surface area (Å²) in [6, 6.07) is 9.90. The highest BCUT2D eigenvalue weighted by Gasteiger charge is 2.26. The largest absolute Gasteiger partial charge is 0.309 e. The van der Waals surface area contributed by atoms with E-state index in [2.05, 4.69) is 30.9 Å². The molecule has 2 aliphatic carbocycles. The number of hydrogen-bond acceptors (Lipinski definition) is 6. The zero-order valence-corrected chi connectivity index (χ0v) is 20.1. The van der Waals surface area contributed by atoms with Gasteiger partial charge in [0.25, 0.3) is 5.56 Å². The number of imidazole rings is 1. The normalized spacial score (nSPS) is 16.2. The summed E-state index contributed by atoms with van der Waals surface area (Å²) < 4.78 is 5.63. The summed E-state index contributed by atoms with van der Waals surface area (Å²) in [6.45, 7) is 2.03. The molecule has 0 unspecified atom stereocenters. The number of aryl methyl sites for hydroxylation is 1. The van der Waals surface area contributed by atoms with E-state index < -0.39 is 0 Å². The highest BCUT2D eigenvalue weighted by Crippen LogP contribution is 2.39. The van der Waals surface area contributed by atoms with Crippen molar-refractivity contribution in [2.24, 2.45) is 0 Å². The average Bonchev–Trinajstić information content (AvgIpc) is 3.30. The third kappa shape index (κ3) is 3.54. The van der Waals surface area contributed by atoms with Gasteiger partial charge in [-0.3, -0.25) is 9.36 Å². The monoisotopic (exact) mass is 478 g/mol. The van der Waals surface area contributed by atoms with Gasteiger partial charge in [-0.1, -0.05) is 18.9 Å². The Hall–Kier alpha value is -4.14. The van der Waals surface area contributed by atoms with E-state index in [4.69, 9.17) is 4.98 Å². The van der Waals surface area contributed by atoms with Crippen LogP contribution in [0.25, 0.3) is 33.9 Å². The summed E-state index contributed by atoms with van der Waals surface area (Å²) >= 11 is 0. The molecule has 0 bridgehead atoms. The lowest BCUT2D eigenvalue weighted by molar-refractivity contribution is 0.521. The Morgan fingerprint density at radius 3 is 2.67 bits per heavy atom. The maximum Gasteiger partial charge on any atom is 0.267 e. The minimum Gasteiger partial charge on any atom is -0.309 e. The van der Waals surface area contributed by atoms with E-state index >= 15 is 0 Å². The van der Waals surface area contributed by atoms with E-state index in [0.717, 1.165) is 35.6 Å². The molecule has 0 atom stereocenters. The van der Waals surface area contributed by atoms with Crippen molar-refractivity contribution in [2.75, 3.05) is 0 Å². The zero-order chi connectivity index (χ0) is 24.2. The fourth-order valence-electron chi connectivity index (χ4n) is 5.32. The lowest BCUT2D eigenvalue weighted by Gasteiger charge is -2.14. The van der Waals surface area contributed by atoms with Crippen LogP contribution in [0.1, 0.15) is 61.7 Å². The molecule has 0 radical (unpaired) electrons. The smallest absolute Gasteiger partial charge is 0.267 e. The Bertz CT molecular complexity index is 1650. The van der Waals surface area contributed by atoms with Crippen molar-refractivity contribution in [1.82, 2.24) is 38.9 Å². The predicted molar refractivity (Wildman–Crippen MR) is 135 cm³/mol. The Morgan fingerprint density at radius 1 is 0.972 bits per heavy atom. The van der Waals surface area contributed by atoms with Crippen molar-refractivity contribution < 1.29 is 0 Å². The maximum absolute atomic E-state index is 13.6. The molecule has 7 rings (SSSR count). The van der Waals surface area contributed by atoms with E-state index in [9.17, 15) is 4.79 Å². The molecule has 180 valence electrons. The van der Waals surface area contributed by atoms with Gasteiger partial charge in [-0.15, -0.1) is 10.2 Å². The molecule has 2 fully saturated rings. The summed E-state index contributed by atoms with van der Waals surface area (Å²) in [4.78, 5) is 27.6. The fraction of sp³-hybridized carbons (Fsp3) is 0.333. The van der Waals surface area contributed by atoms with Crippen molar-refractivity contribution in [3.05, 3.63) is 77.1 Å². The molecular formula is C27H26N8O. The van der Waals surface area contributed by atoms with Crippen LogP contribution in [-0.4, -0.2) is 38.9 Å². The molecule has 36 heavy (non-hydrogen) atoms. The van der Waals surface area contributed by atoms with E-state index in [1.54, 1.807) is 12.7 Å². The Labute approximate surface area is 207 Å². The zero-order valence-electron chi connectivity index (χ0n) is 20.1. The van der Waals surface area contributed by atoms with E-state index in [0.29, 0.717) is 34.4 Å². The lowest BCUT2D eigenvalue weighted by atomic mass is 10.1. The molecule has 0 spiro atoms. The number of aromatic nitrogens is 8. The van der Waals surface area contributed by atoms with Crippen molar-refractivity contribution in [1.29, 1.82) is 0 Å². The minimum atomic E-state index is -0.161. The molecule has 9 nitrogen and oxygen atoms in total. The molecule has 0 saturated heterocycles. The lowest BCUT2D eigenvalue weighted by Crippen LogP contribution is -2.20. The second-order valence-electron chi connectivity index (χ2n) is 9.94. The van der Waals surface area contributed by atoms with Gasteiger partial charge < -0.3 is 9.13 Å². The summed E-state index contributed by atoms with van der Waals surface area (Å²) in [7, 11) is 0. The van der Waals surface area contributed by atoms with Crippen LogP contribution in [0.4, 0.5) is 0 Å². The van der Waals surface area contributed by atoms with Gasteiger partial charge in [0.1, 0.15) is 24.2 Å². The first-order valence-electron chi connectivity index (χ1n) is 12.6. The quantitative estimate of drug-likeness (QED) is 0.368. The van der Waals surface area contributed by atoms with Crippen molar-refractivity contribution >= 4 is 10.9 Å². The minimum absolute atomic E-state index is 0.161. The van der Waals surface area contributed by atoms with Crippen LogP contribution in [0.2, 0.25) is 0 Å². The number of fused-ring (bicyclic) bond motifs is 1. The van der Waals surface area contributed by atoms with Gasteiger partial charge in [0.2, 0.25) is 0 Å². The van der Waals surface area contributed by atoms with E-state index in [1.165, 1.54) is 30.3 Å². The van der Waals surface area contributed by atoms with Gasteiger partial charge in [-0.25, -0.2) is 15.0 Å². The van der Waals surface area contributed by atoms with Gasteiger partial charge in [0.15, 0.2) is 5.82 Å². The number of benzene rings is 1. The van der Waals surface area contributed by atoms with Crippen molar-refractivity contribution in [2.45, 2.75) is 57.4 Å². The van der Waals surface area contributed by atoms with Crippen LogP contribution in [0.3, 0.4) is 0 Å². The van der Waals surface area contributed by atoms with Crippen LogP contribution < -0.4 is 5.56 Å². The van der Waals surface area contributed by atoms with Crippen LogP contribution in [0.15, 0.2) is 60.3 Å². The molecule has 4 heterocycles. The van der Waals surface area contributed by atoms with Gasteiger partial charge in [0.05, 0.1) is 28.6 Å². The van der Waals surface area contributed by atoms with Gasteiger partial charge in [-0.2, -0.15) is 0 Å². The molecule has 4 aromatic heterocycles. The molecule has 0 N–H and O–H groups in total. The molecule has 2 aliphatic rings. The van der Waals surface area contributed by atoms with Gasteiger partial charge >= 0.3 is 0 Å². The second-order valence-corrected chi connectivity index (χ2v) is 9.94. The number of pyridine rings is 1. The first kappa shape index (κ1) is 21.2. The molecule has 5 aromatic rings. The van der Waals surface area contributed by atoms with Crippen molar-refractivity contribution in [3.8, 4) is 23.0 Å². The highest BCUT2D eigenvalue weighted by molar-refractivity contribution is 5.81. The standard InChI is InChI=1S/C27H26N8O/c1-17-11-22-20(12-24(17)33-13-23(28-14-33)18-9-10-18)27(36)35(15-29-22)25-8-4-7-21(31-25)26-32-30-16-34(26)19-5-2-3-6-19/h4,7-8,11-16,18-19H,2-3,5-6,9-10H2,1H3. The highest BCUT2D eigenvalue weighted by atomic mass is 16.1. The van der Waals surface area contributed by atoms with E-state index in [1.807, 2.05) is 48.1 Å². The Balaban J connectivity index is 1.30. The van der Waals surface area contributed by atoms with Crippen LogP contribution in [-0.2, 0) is 0 Å². The Kier molecular flexibility index (Phi) is 4.83. The number of nitrogens with zero attached hydrogens (tertiary/aromatic N) is 8. The SMILES string of the molecule is Cc1cc2ncn(-c3cccc(-c4nncn4C4CCCC4)n3)c(=O)c2cc1-n1cnc(C2CC2)c1. The van der Waals surface area contributed by atoms with Crippen molar-refractivity contribution in [3.63, 3.8) is 0 Å². The first-order valence-corrected chi connectivity index (χ1v) is 12.6. The summed E-state index contributed by atoms with van der Waals surface area (Å²) in [5.74, 6) is 1.81. The number of rotatable bonds is 5. The summed E-state index contributed by atoms with van der Waals surface area (Å²) in [5.41, 5.74) is 4.29.